The summed E-state index contributed by atoms with van der Waals surface area (Å²) in [6.45, 7) is 24.3. The lowest BCUT2D eigenvalue weighted by atomic mass is 10.7. The summed E-state index contributed by atoms with van der Waals surface area (Å²) in [5.41, 5.74) is 0. The van der Waals surface area contributed by atoms with Crippen LogP contribution in [0.1, 0.15) is 27.7 Å². The summed E-state index contributed by atoms with van der Waals surface area (Å²) in [6, 6.07) is 2.93. The van der Waals surface area contributed by atoms with Crippen LogP contribution in [0.25, 0.3) is 0 Å². The molecular formula is C14H36N2Si2. The molecular weight excluding hydrogens is 252 g/mol. The van der Waals surface area contributed by atoms with Crippen molar-refractivity contribution in [2.45, 2.75) is 66.0 Å². The highest BCUT2D eigenvalue weighted by Crippen LogP contribution is 2.25. The van der Waals surface area contributed by atoms with Gasteiger partial charge in [-0.25, -0.2) is 0 Å². The van der Waals surface area contributed by atoms with Crippen molar-refractivity contribution in [3.8, 4) is 0 Å². The van der Waals surface area contributed by atoms with Crippen molar-refractivity contribution >= 4 is 16.5 Å². The van der Waals surface area contributed by atoms with Crippen LogP contribution >= 0.6 is 0 Å². The third-order valence-electron chi connectivity index (χ3n) is 4.59. The molecule has 0 radical (unpaired) electrons. The van der Waals surface area contributed by atoms with Crippen LogP contribution in [0.3, 0.4) is 0 Å². The molecule has 18 heavy (non-hydrogen) atoms. The molecule has 0 aromatic rings. The fourth-order valence-electron chi connectivity index (χ4n) is 3.09. The first kappa shape index (κ1) is 18.4. The maximum Gasteiger partial charge on any atom is 0.121 e. The van der Waals surface area contributed by atoms with Gasteiger partial charge in [-0.1, -0.05) is 53.9 Å². The van der Waals surface area contributed by atoms with Gasteiger partial charge in [0.15, 0.2) is 0 Å². The summed E-state index contributed by atoms with van der Waals surface area (Å²) in [5, 5.41) is 0. The molecule has 4 heteroatoms. The van der Waals surface area contributed by atoms with Gasteiger partial charge in [-0.15, -0.1) is 0 Å². The Hall–Kier alpha value is 0.354. The van der Waals surface area contributed by atoms with E-state index in [9.17, 15) is 0 Å². The highest BCUT2D eigenvalue weighted by atomic mass is 28.3. The van der Waals surface area contributed by atoms with E-state index in [0.29, 0.717) is 0 Å². The van der Waals surface area contributed by atoms with Gasteiger partial charge in [0, 0.05) is 0 Å². The first-order valence-corrected chi connectivity index (χ1v) is 14.1. The predicted octanol–water partition coefficient (Wildman–Crippen LogP) is 4.08. The maximum atomic E-state index is 2.74. The molecule has 0 aliphatic carbocycles. The minimum absolute atomic E-state index is 1.17. The van der Waals surface area contributed by atoms with E-state index in [4.69, 9.17) is 0 Å². The van der Waals surface area contributed by atoms with Crippen molar-refractivity contribution < 1.29 is 0 Å². The molecule has 0 saturated heterocycles. The van der Waals surface area contributed by atoms with Gasteiger partial charge in [0.1, 0.15) is 16.5 Å². The summed E-state index contributed by atoms with van der Waals surface area (Å²) in [5.74, 6) is 0. The molecule has 0 aliphatic rings. The topological polar surface area (TPSA) is 6.48 Å². The Bertz CT molecular complexity index is 198. The SMILES string of the molecule is CCN(CC)[Si](C)(C)CC[Si](C)(C)N(CC)CC. The van der Waals surface area contributed by atoms with E-state index in [1.165, 1.54) is 38.3 Å². The van der Waals surface area contributed by atoms with E-state index in [1.54, 1.807) is 0 Å². The second-order valence-corrected chi connectivity index (χ2v) is 16.0. The highest BCUT2D eigenvalue weighted by molar-refractivity contribution is 6.80. The average Bonchev–Trinajstić information content (AvgIpc) is 2.29. The van der Waals surface area contributed by atoms with Crippen molar-refractivity contribution in [3.05, 3.63) is 0 Å². The molecule has 0 atom stereocenters. The molecule has 0 aromatic carbocycles. The third-order valence-corrected chi connectivity index (χ3v) is 12.7. The van der Waals surface area contributed by atoms with Crippen LogP contribution in [0.15, 0.2) is 0 Å². The van der Waals surface area contributed by atoms with Gasteiger partial charge < -0.3 is 9.13 Å². The number of hydrogen-bond donors (Lipinski definition) is 0. The fourth-order valence-corrected chi connectivity index (χ4v) is 12.0. The molecule has 0 amide bonds. The van der Waals surface area contributed by atoms with Crippen LogP contribution in [0.2, 0.25) is 38.3 Å². The smallest absolute Gasteiger partial charge is 0.121 e. The molecule has 0 aromatic heterocycles. The van der Waals surface area contributed by atoms with Gasteiger partial charge in [0.25, 0.3) is 0 Å². The van der Waals surface area contributed by atoms with Crippen molar-refractivity contribution in [1.29, 1.82) is 0 Å². The number of hydrogen-bond acceptors (Lipinski definition) is 2. The minimum Gasteiger partial charge on any atom is -0.324 e. The zero-order valence-corrected chi connectivity index (χ0v) is 16.1. The molecule has 2 nitrogen and oxygen atoms in total. The van der Waals surface area contributed by atoms with E-state index in [-0.39, 0.29) is 0 Å². The monoisotopic (exact) mass is 288 g/mol. The first-order chi connectivity index (χ1) is 8.25. The summed E-state index contributed by atoms with van der Waals surface area (Å²) in [7, 11) is -2.35. The van der Waals surface area contributed by atoms with Crippen LogP contribution < -0.4 is 0 Å². The Balaban J connectivity index is 4.54. The van der Waals surface area contributed by atoms with E-state index >= 15 is 0 Å². The minimum atomic E-state index is -1.17. The predicted molar refractivity (Wildman–Crippen MR) is 90.4 cm³/mol. The Morgan fingerprint density at radius 1 is 0.556 bits per heavy atom. The molecule has 0 spiro atoms. The Labute approximate surface area is 118 Å². The highest BCUT2D eigenvalue weighted by Gasteiger charge is 2.33. The van der Waals surface area contributed by atoms with E-state index < -0.39 is 16.5 Å². The molecule has 0 saturated carbocycles. The van der Waals surface area contributed by atoms with Crippen molar-refractivity contribution in [2.75, 3.05) is 26.2 Å². The Morgan fingerprint density at radius 3 is 0.944 bits per heavy atom. The standard InChI is InChI=1S/C14H36N2Si2/c1-9-15(10-2)17(5,6)13-14-18(7,8)16(11-3)12-4/h9-14H2,1-8H3. The second-order valence-electron chi connectivity index (χ2n) is 6.47. The lowest BCUT2D eigenvalue weighted by Crippen LogP contribution is -2.53. The lowest BCUT2D eigenvalue weighted by Gasteiger charge is -2.40. The van der Waals surface area contributed by atoms with Crippen LogP contribution in [0, 0.1) is 0 Å². The number of nitrogens with zero attached hydrogens (tertiary/aromatic N) is 2. The van der Waals surface area contributed by atoms with Crippen LogP contribution in [-0.2, 0) is 0 Å². The molecule has 0 rings (SSSR count). The molecule has 0 unspecified atom stereocenters. The Morgan fingerprint density at radius 2 is 0.778 bits per heavy atom. The molecule has 0 aliphatic heterocycles. The van der Waals surface area contributed by atoms with E-state index in [2.05, 4.69) is 63.0 Å². The van der Waals surface area contributed by atoms with Gasteiger partial charge in [0.05, 0.1) is 0 Å². The van der Waals surface area contributed by atoms with E-state index in [0.717, 1.165) is 0 Å². The van der Waals surface area contributed by atoms with Crippen molar-refractivity contribution in [3.63, 3.8) is 0 Å². The molecule has 110 valence electrons. The largest absolute Gasteiger partial charge is 0.324 e. The second kappa shape index (κ2) is 7.83. The summed E-state index contributed by atoms with van der Waals surface area (Å²) < 4.78 is 5.47. The van der Waals surface area contributed by atoms with Gasteiger partial charge in [-0.3, -0.25) is 0 Å². The summed E-state index contributed by atoms with van der Waals surface area (Å²) in [6.07, 6.45) is 0. The molecule has 0 heterocycles. The van der Waals surface area contributed by atoms with Crippen LogP contribution in [0.5, 0.6) is 0 Å². The van der Waals surface area contributed by atoms with Crippen LogP contribution in [0.4, 0.5) is 0 Å². The van der Waals surface area contributed by atoms with Crippen molar-refractivity contribution in [2.24, 2.45) is 0 Å². The van der Waals surface area contributed by atoms with Gasteiger partial charge in [0.2, 0.25) is 0 Å². The number of rotatable bonds is 9. The Kier molecular flexibility index (Phi) is 7.98. The summed E-state index contributed by atoms with van der Waals surface area (Å²) in [4.78, 5) is 0. The normalized spacial score (nSPS) is 13.7. The quantitative estimate of drug-likeness (QED) is 0.590. The zero-order chi connectivity index (χ0) is 14.4. The molecule has 0 fully saturated rings. The van der Waals surface area contributed by atoms with Gasteiger partial charge >= 0.3 is 0 Å². The van der Waals surface area contributed by atoms with E-state index in [1.807, 2.05) is 0 Å². The van der Waals surface area contributed by atoms with Gasteiger partial charge in [-0.2, -0.15) is 0 Å². The summed E-state index contributed by atoms with van der Waals surface area (Å²) >= 11 is 0. The zero-order valence-electron chi connectivity index (χ0n) is 14.1. The first-order valence-electron chi connectivity index (χ1n) is 7.75. The van der Waals surface area contributed by atoms with Crippen molar-refractivity contribution in [1.82, 2.24) is 9.13 Å². The molecule has 0 N–H and O–H groups in total. The maximum absolute atomic E-state index is 2.74. The molecule has 0 bridgehead atoms. The third kappa shape index (κ3) is 5.15. The fraction of sp³-hybridized carbons (Fsp3) is 1.00. The van der Waals surface area contributed by atoms with Crippen LogP contribution in [-0.4, -0.2) is 51.8 Å². The average molecular weight is 289 g/mol. The lowest BCUT2D eigenvalue weighted by molar-refractivity contribution is 0.456. The van der Waals surface area contributed by atoms with Gasteiger partial charge in [-0.05, 0) is 38.3 Å².